The number of ether oxygens (including phenoxy) is 1. The van der Waals surface area contributed by atoms with E-state index in [1.807, 2.05) is 0 Å². The van der Waals surface area contributed by atoms with E-state index in [0.717, 1.165) is 12.2 Å². The Hall–Kier alpha value is -1.50. The van der Waals surface area contributed by atoms with Crippen LogP contribution in [0.1, 0.15) is 52.5 Å². The van der Waals surface area contributed by atoms with Gasteiger partial charge in [0.1, 0.15) is 11.4 Å². The Labute approximate surface area is 116 Å². The van der Waals surface area contributed by atoms with Crippen LogP contribution in [0.4, 0.5) is 0 Å². The van der Waals surface area contributed by atoms with E-state index < -0.39 is 0 Å². The van der Waals surface area contributed by atoms with Gasteiger partial charge in [0.05, 0.1) is 0 Å². The molecule has 2 rings (SSSR count). The molecular formula is C18H24O. The van der Waals surface area contributed by atoms with Gasteiger partial charge >= 0.3 is 0 Å². The molecule has 0 saturated heterocycles. The Bertz CT molecular complexity index is 563. The van der Waals surface area contributed by atoms with Gasteiger partial charge < -0.3 is 4.74 Å². The lowest BCUT2D eigenvalue weighted by atomic mass is 9.93. The highest BCUT2D eigenvalue weighted by Crippen LogP contribution is 2.33. The Balaban J connectivity index is 2.57. The molecule has 102 valence electrons. The molecule has 1 atom stereocenters. The molecule has 0 bridgehead atoms. The van der Waals surface area contributed by atoms with Gasteiger partial charge in [-0.1, -0.05) is 44.2 Å². The molecule has 1 heteroatoms. The van der Waals surface area contributed by atoms with Crippen LogP contribution in [0.5, 0.6) is 5.75 Å². The van der Waals surface area contributed by atoms with E-state index in [9.17, 15) is 0 Å². The van der Waals surface area contributed by atoms with Crippen molar-refractivity contribution in [2.45, 2.75) is 52.6 Å². The monoisotopic (exact) mass is 256 g/mol. The van der Waals surface area contributed by atoms with E-state index in [-0.39, 0.29) is 5.60 Å². The van der Waals surface area contributed by atoms with Crippen LogP contribution in [0.3, 0.4) is 0 Å². The number of hydrogen-bond donors (Lipinski definition) is 0. The van der Waals surface area contributed by atoms with E-state index >= 15 is 0 Å². The van der Waals surface area contributed by atoms with Crippen LogP contribution in [0, 0.1) is 0 Å². The molecule has 0 aliphatic rings. The van der Waals surface area contributed by atoms with Crippen LogP contribution in [0.2, 0.25) is 0 Å². The van der Waals surface area contributed by atoms with E-state index in [0.29, 0.717) is 5.92 Å². The minimum Gasteiger partial charge on any atom is -0.488 e. The summed E-state index contributed by atoms with van der Waals surface area (Å²) in [6.45, 7) is 10.8. The average Bonchev–Trinajstić information content (AvgIpc) is 2.36. The highest BCUT2D eigenvalue weighted by atomic mass is 16.5. The van der Waals surface area contributed by atoms with E-state index in [2.05, 4.69) is 71.0 Å². The van der Waals surface area contributed by atoms with Crippen LogP contribution >= 0.6 is 0 Å². The Kier molecular flexibility index (Phi) is 3.84. The van der Waals surface area contributed by atoms with Gasteiger partial charge in [0, 0.05) is 5.39 Å². The van der Waals surface area contributed by atoms with E-state index in [1.54, 1.807) is 0 Å². The summed E-state index contributed by atoms with van der Waals surface area (Å²) in [4.78, 5) is 0. The second kappa shape index (κ2) is 5.24. The molecule has 2 aromatic rings. The molecule has 0 N–H and O–H groups in total. The maximum absolute atomic E-state index is 6.08. The number of benzene rings is 2. The first-order valence-electron chi connectivity index (χ1n) is 7.13. The molecule has 1 unspecified atom stereocenters. The predicted molar refractivity (Wildman–Crippen MR) is 83.0 cm³/mol. The zero-order valence-corrected chi connectivity index (χ0v) is 12.7. The molecule has 0 spiro atoms. The SMILES string of the molecule is CCC(C)c1cccc2c(OC(C)(C)C)cccc12. The van der Waals surface area contributed by atoms with Gasteiger partial charge in [-0.05, 0) is 50.1 Å². The first-order valence-corrected chi connectivity index (χ1v) is 7.13. The lowest BCUT2D eigenvalue weighted by molar-refractivity contribution is 0.133. The summed E-state index contributed by atoms with van der Waals surface area (Å²) in [7, 11) is 0. The van der Waals surface area contributed by atoms with Crippen molar-refractivity contribution in [3.63, 3.8) is 0 Å². The summed E-state index contributed by atoms with van der Waals surface area (Å²) in [6, 6.07) is 12.9. The Morgan fingerprint density at radius 3 is 2.26 bits per heavy atom. The van der Waals surface area contributed by atoms with Gasteiger partial charge in [-0.15, -0.1) is 0 Å². The maximum atomic E-state index is 6.08. The van der Waals surface area contributed by atoms with Crippen molar-refractivity contribution in [3.8, 4) is 5.75 Å². The van der Waals surface area contributed by atoms with Gasteiger partial charge in [0.15, 0.2) is 0 Å². The third-order valence-electron chi connectivity index (χ3n) is 3.48. The summed E-state index contributed by atoms with van der Waals surface area (Å²) >= 11 is 0. The normalized spacial score (nSPS) is 13.5. The number of rotatable bonds is 3. The molecule has 0 fully saturated rings. The average molecular weight is 256 g/mol. The van der Waals surface area contributed by atoms with Crippen LogP contribution in [0.15, 0.2) is 36.4 Å². The molecular weight excluding hydrogens is 232 g/mol. The van der Waals surface area contributed by atoms with Crippen LogP contribution in [0.25, 0.3) is 10.8 Å². The molecule has 0 aliphatic heterocycles. The predicted octanol–water partition coefficient (Wildman–Crippen LogP) is 5.53. The molecule has 0 saturated carbocycles. The summed E-state index contributed by atoms with van der Waals surface area (Å²) in [5, 5.41) is 2.54. The molecule has 0 aliphatic carbocycles. The van der Waals surface area contributed by atoms with Crippen molar-refractivity contribution in [1.82, 2.24) is 0 Å². The van der Waals surface area contributed by atoms with Crippen molar-refractivity contribution < 1.29 is 4.74 Å². The molecule has 1 nitrogen and oxygen atoms in total. The molecule has 0 radical (unpaired) electrons. The van der Waals surface area contributed by atoms with Crippen LogP contribution in [-0.2, 0) is 0 Å². The van der Waals surface area contributed by atoms with E-state index in [1.165, 1.54) is 16.3 Å². The van der Waals surface area contributed by atoms with Gasteiger partial charge in [-0.25, -0.2) is 0 Å². The topological polar surface area (TPSA) is 9.23 Å². The largest absolute Gasteiger partial charge is 0.488 e. The minimum absolute atomic E-state index is 0.166. The second-order valence-corrected chi connectivity index (χ2v) is 6.22. The quantitative estimate of drug-likeness (QED) is 0.701. The molecule has 0 heterocycles. The van der Waals surface area contributed by atoms with Crippen molar-refractivity contribution in [1.29, 1.82) is 0 Å². The maximum Gasteiger partial charge on any atom is 0.127 e. The van der Waals surface area contributed by atoms with Crippen molar-refractivity contribution in [2.24, 2.45) is 0 Å². The third-order valence-corrected chi connectivity index (χ3v) is 3.48. The van der Waals surface area contributed by atoms with Crippen LogP contribution < -0.4 is 4.74 Å². The van der Waals surface area contributed by atoms with Gasteiger partial charge in [0.25, 0.3) is 0 Å². The molecule has 2 aromatic carbocycles. The Morgan fingerprint density at radius 2 is 1.63 bits per heavy atom. The smallest absolute Gasteiger partial charge is 0.127 e. The standard InChI is InChI=1S/C18H24O/c1-6-13(2)14-9-7-11-16-15(14)10-8-12-17(16)19-18(3,4)5/h7-13H,6H2,1-5H3. The zero-order valence-electron chi connectivity index (χ0n) is 12.7. The van der Waals surface area contributed by atoms with Crippen molar-refractivity contribution >= 4 is 10.8 Å². The number of hydrogen-bond acceptors (Lipinski definition) is 1. The van der Waals surface area contributed by atoms with Gasteiger partial charge in [0.2, 0.25) is 0 Å². The fourth-order valence-corrected chi connectivity index (χ4v) is 2.37. The number of fused-ring (bicyclic) bond motifs is 1. The second-order valence-electron chi connectivity index (χ2n) is 6.22. The lowest BCUT2D eigenvalue weighted by Crippen LogP contribution is -2.23. The summed E-state index contributed by atoms with van der Waals surface area (Å²) in [5.41, 5.74) is 1.25. The Morgan fingerprint density at radius 1 is 1.00 bits per heavy atom. The minimum atomic E-state index is -0.166. The highest BCUT2D eigenvalue weighted by Gasteiger charge is 2.15. The summed E-state index contributed by atoms with van der Waals surface area (Å²) < 4.78 is 6.08. The van der Waals surface area contributed by atoms with Gasteiger partial charge in [-0.3, -0.25) is 0 Å². The molecule has 19 heavy (non-hydrogen) atoms. The molecule has 0 amide bonds. The third kappa shape index (κ3) is 3.09. The first-order chi connectivity index (χ1) is 8.92. The summed E-state index contributed by atoms with van der Waals surface area (Å²) in [5.74, 6) is 1.56. The van der Waals surface area contributed by atoms with Crippen molar-refractivity contribution in [2.75, 3.05) is 0 Å². The van der Waals surface area contributed by atoms with Crippen molar-refractivity contribution in [3.05, 3.63) is 42.0 Å². The molecule has 0 aromatic heterocycles. The highest BCUT2D eigenvalue weighted by molar-refractivity contribution is 5.91. The van der Waals surface area contributed by atoms with E-state index in [4.69, 9.17) is 4.74 Å². The van der Waals surface area contributed by atoms with Crippen LogP contribution in [-0.4, -0.2) is 5.60 Å². The van der Waals surface area contributed by atoms with Gasteiger partial charge in [-0.2, -0.15) is 0 Å². The summed E-state index contributed by atoms with van der Waals surface area (Å²) in [6.07, 6.45) is 1.16. The fourth-order valence-electron chi connectivity index (χ4n) is 2.37. The fraction of sp³-hybridized carbons (Fsp3) is 0.444. The first kappa shape index (κ1) is 13.9. The lowest BCUT2D eigenvalue weighted by Gasteiger charge is -2.23. The zero-order chi connectivity index (χ0) is 14.0.